The van der Waals surface area contributed by atoms with Gasteiger partial charge >= 0.3 is 0 Å². The second-order valence-corrected chi connectivity index (χ2v) is 6.99. The number of carbonyl (C=O) groups excluding carboxylic acids is 1. The van der Waals surface area contributed by atoms with Crippen LogP contribution < -0.4 is 16.4 Å². The third-order valence-electron chi connectivity index (χ3n) is 3.77. The van der Waals surface area contributed by atoms with E-state index in [0.29, 0.717) is 29.8 Å². The Morgan fingerprint density at radius 1 is 0.964 bits per heavy atom. The van der Waals surface area contributed by atoms with Crippen LogP contribution in [0.3, 0.4) is 0 Å². The molecular weight excluding hydrogens is 372 g/mol. The van der Waals surface area contributed by atoms with E-state index in [4.69, 9.17) is 5.73 Å². The highest BCUT2D eigenvalue weighted by atomic mass is 32.2. The minimum Gasteiger partial charge on any atom is -0.368 e. The van der Waals surface area contributed by atoms with E-state index in [1.807, 2.05) is 60.7 Å². The molecule has 1 amide bonds. The van der Waals surface area contributed by atoms with Gasteiger partial charge in [-0.05, 0) is 24.1 Å². The lowest BCUT2D eigenvalue weighted by molar-refractivity contribution is -0.118. The number of benzene rings is 2. The van der Waals surface area contributed by atoms with Crippen molar-refractivity contribution in [1.29, 1.82) is 0 Å². The average Bonchev–Trinajstić information content (AvgIpc) is 2.69. The first-order valence-electron chi connectivity index (χ1n) is 8.90. The van der Waals surface area contributed by atoms with E-state index in [1.54, 1.807) is 0 Å². The lowest BCUT2D eigenvalue weighted by Gasteiger charge is -2.08. The fourth-order valence-corrected chi connectivity index (χ4v) is 3.19. The maximum absolute atomic E-state index is 12.0. The van der Waals surface area contributed by atoms with Crippen LogP contribution in [0, 0.1) is 0 Å². The zero-order valence-corrected chi connectivity index (χ0v) is 16.2. The molecule has 0 aliphatic carbocycles. The minimum absolute atomic E-state index is 0.00871. The number of anilines is 3. The van der Waals surface area contributed by atoms with Gasteiger partial charge in [-0.15, -0.1) is 11.8 Å². The number of aromatic nitrogens is 3. The Hall–Kier alpha value is -3.13. The van der Waals surface area contributed by atoms with Crippen molar-refractivity contribution < 1.29 is 4.79 Å². The van der Waals surface area contributed by atoms with Crippen molar-refractivity contribution in [2.45, 2.75) is 12.2 Å². The summed E-state index contributed by atoms with van der Waals surface area (Å²) in [4.78, 5) is 24.6. The maximum Gasteiger partial charge on any atom is 0.232 e. The molecule has 8 heteroatoms. The number of thioether (sulfide) groups is 1. The number of nitrogen functional groups attached to an aromatic ring is 1. The van der Waals surface area contributed by atoms with Gasteiger partial charge in [-0.3, -0.25) is 4.79 Å². The summed E-state index contributed by atoms with van der Waals surface area (Å²) in [5.74, 6) is 1.88. The average molecular weight is 395 g/mol. The number of hydrogen-bond donors (Lipinski definition) is 3. The molecule has 3 rings (SSSR count). The number of carbonyl (C=O) groups is 1. The third-order valence-corrected chi connectivity index (χ3v) is 4.70. The van der Waals surface area contributed by atoms with E-state index < -0.39 is 0 Å². The lowest BCUT2D eigenvalue weighted by atomic mass is 10.1. The van der Waals surface area contributed by atoms with E-state index >= 15 is 0 Å². The van der Waals surface area contributed by atoms with Crippen molar-refractivity contribution in [2.24, 2.45) is 0 Å². The molecule has 0 unspecified atom stereocenters. The number of nitrogens with one attached hydrogen (secondary N) is 2. The lowest BCUT2D eigenvalue weighted by Crippen LogP contribution is -2.27. The van der Waals surface area contributed by atoms with Gasteiger partial charge in [-0.2, -0.15) is 15.0 Å². The number of hydrogen-bond acceptors (Lipinski definition) is 7. The standard InChI is InChI=1S/C20H22N6OS/c21-19-24-17(25-20(26-19)23-16-9-5-2-6-10-16)13-28-14-18(27)22-12-11-15-7-3-1-4-8-15/h1-10H,11-14H2,(H,22,27)(H3,21,23,24,25,26). The Morgan fingerprint density at radius 3 is 2.43 bits per heavy atom. The van der Waals surface area contributed by atoms with E-state index in [9.17, 15) is 4.79 Å². The molecule has 0 aliphatic rings. The van der Waals surface area contributed by atoms with E-state index in [-0.39, 0.29) is 11.9 Å². The van der Waals surface area contributed by atoms with Gasteiger partial charge in [0.15, 0.2) is 0 Å². The Morgan fingerprint density at radius 2 is 1.68 bits per heavy atom. The van der Waals surface area contributed by atoms with Gasteiger partial charge in [0.05, 0.1) is 11.5 Å². The molecule has 1 heterocycles. The van der Waals surface area contributed by atoms with Crippen molar-refractivity contribution in [2.75, 3.05) is 23.3 Å². The van der Waals surface area contributed by atoms with Gasteiger partial charge < -0.3 is 16.4 Å². The van der Waals surface area contributed by atoms with Crippen molar-refractivity contribution in [3.63, 3.8) is 0 Å². The van der Waals surface area contributed by atoms with Crippen LogP contribution in [0.4, 0.5) is 17.6 Å². The normalized spacial score (nSPS) is 10.4. The first kappa shape index (κ1) is 19.6. The molecule has 0 fully saturated rings. The molecule has 2 aromatic carbocycles. The molecule has 28 heavy (non-hydrogen) atoms. The molecule has 0 saturated carbocycles. The second-order valence-electron chi connectivity index (χ2n) is 6.00. The highest BCUT2D eigenvalue weighted by molar-refractivity contribution is 7.99. The van der Waals surface area contributed by atoms with E-state index in [1.165, 1.54) is 17.3 Å². The molecule has 0 radical (unpaired) electrons. The largest absolute Gasteiger partial charge is 0.368 e. The summed E-state index contributed by atoms with van der Waals surface area (Å²) in [6.45, 7) is 0.618. The molecule has 0 aliphatic heterocycles. The van der Waals surface area contributed by atoms with Crippen LogP contribution in [0.5, 0.6) is 0 Å². The van der Waals surface area contributed by atoms with Crippen molar-refractivity contribution in [1.82, 2.24) is 20.3 Å². The molecular formula is C20H22N6OS. The number of nitrogens with zero attached hydrogens (tertiary/aromatic N) is 3. The van der Waals surface area contributed by atoms with Gasteiger partial charge in [-0.1, -0.05) is 48.5 Å². The second kappa shape index (κ2) is 10.3. The maximum atomic E-state index is 12.0. The summed E-state index contributed by atoms with van der Waals surface area (Å²) < 4.78 is 0. The fourth-order valence-electron chi connectivity index (χ4n) is 2.49. The van der Waals surface area contributed by atoms with E-state index in [2.05, 4.69) is 25.6 Å². The Kier molecular flexibility index (Phi) is 7.20. The molecule has 7 nitrogen and oxygen atoms in total. The highest BCUT2D eigenvalue weighted by Gasteiger charge is 2.07. The van der Waals surface area contributed by atoms with Crippen LogP contribution in [0.15, 0.2) is 60.7 Å². The monoisotopic (exact) mass is 394 g/mol. The molecule has 0 spiro atoms. The molecule has 1 aromatic heterocycles. The smallest absolute Gasteiger partial charge is 0.232 e. The Labute approximate surface area is 168 Å². The minimum atomic E-state index is -0.00871. The topological polar surface area (TPSA) is 106 Å². The van der Waals surface area contributed by atoms with Crippen molar-refractivity contribution in [3.8, 4) is 0 Å². The van der Waals surface area contributed by atoms with Crippen LogP contribution in [-0.2, 0) is 17.0 Å². The molecule has 3 aromatic rings. The number of para-hydroxylation sites is 1. The fraction of sp³-hybridized carbons (Fsp3) is 0.200. The number of nitrogens with two attached hydrogens (primary N) is 1. The van der Waals surface area contributed by atoms with Gasteiger partial charge in [0.2, 0.25) is 17.8 Å². The van der Waals surface area contributed by atoms with Gasteiger partial charge in [0.1, 0.15) is 5.82 Å². The highest BCUT2D eigenvalue weighted by Crippen LogP contribution is 2.15. The van der Waals surface area contributed by atoms with Crippen LogP contribution >= 0.6 is 11.8 Å². The van der Waals surface area contributed by atoms with Crippen LogP contribution in [-0.4, -0.2) is 33.2 Å². The molecule has 0 bridgehead atoms. The first-order valence-corrected chi connectivity index (χ1v) is 10.1. The van der Waals surface area contributed by atoms with Crippen LogP contribution in [0.25, 0.3) is 0 Å². The zero-order chi connectivity index (χ0) is 19.6. The van der Waals surface area contributed by atoms with Gasteiger partial charge in [0.25, 0.3) is 0 Å². The summed E-state index contributed by atoms with van der Waals surface area (Å²) in [6.07, 6.45) is 0.815. The number of amides is 1. The summed E-state index contributed by atoms with van der Waals surface area (Å²) in [7, 11) is 0. The molecule has 144 valence electrons. The summed E-state index contributed by atoms with van der Waals surface area (Å²) in [5, 5.41) is 6.02. The summed E-state index contributed by atoms with van der Waals surface area (Å²) in [6, 6.07) is 19.7. The van der Waals surface area contributed by atoms with Gasteiger partial charge in [-0.25, -0.2) is 0 Å². The summed E-state index contributed by atoms with van der Waals surface area (Å²) >= 11 is 1.44. The first-order chi connectivity index (χ1) is 13.7. The van der Waals surface area contributed by atoms with Crippen molar-refractivity contribution in [3.05, 3.63) is 72.1 Å². The van der Waals surface area contributed by atoms with Crippen LogP contribution in [0.2, 0.25) is 0 Å². The van der Waals surface area contributed by atoms with E-state index in [0.717, 1.165) is 12.1 Å². The quantitative estimate of drug-likeness (QED) is 0.512. The molecule has 0 saturated heterocycles. The zero-order valence-electron chi connectivity index (χ0n) is 15.3. The summed E-state index contributed by atoms with van der Waals surface area (Å²) in [5.41, 5.74) is 7.84. The number of rotatable bonds is 9. The SMILES string of the molecule is Nc1nc(CSCC(=O)NCCc2ccccc2)nc(Nc2ccccc2)n1. The third kappa shape index (κ3) is 6.55. The van der Waals surface area contributed by atoms with Crippen molar-refractivity contribution >= 4 is 35.3 Å². The predicted molar refractivity (Wildman–Crippen MR) is 113 cm³/mol. The molecule has 4 N–H and O–H groups in total. The van der Waals surface area contributed by atoms with Crippen LogP contribution in [0.1, 0.15) is 11.4 Å². The predicted octanol–water partition coefficient (Wildman–Crippen LogP) is 2.79. The molecule has 0 atom stereocenters. The Balaban J connectivity index is 1.43. The van der Waals surface area contributed by atoms with Gasteiger partial charge in [0, 0.05) is 12.2 Å². The Bertz CT molecular complexity index is 892.